The van der Waals surface area contributed by atoms with Crippen LogP contribution in [-0.2, 0) is 18.8 Å². The zero-order valence-corrected chi connectivity index (χ0v) is 15.7. The molecule has 3 heterocycles. The van der Waals surface area contributed by atoms with E-state index in [2.05, 4.69) is 15.0 Å². The van der Waals surface area contributed by atoms with Gasteiger partial charge < -0.3 is 30.1 Å². The van der Waals surface area contributed by atoms with Crippen LogP contribution in [0.15, 0.2) is 6.33 Å². The molecule has 2 aromatic heterocycles. The molecule has 1 fully saturated rings. The molecule has 0 saturated carbocycles. The van der Waals surface area contributed by atoms with Crippen molar-refractivity contribution in [2.45, 2.75) is 44.3 Å². The SMILES string of the molecule is CC(=O)[C@@H](OC[C@H]1O[C@@H](n2cnc3c(N)nc(C)nc32)[C@@H](F)[C@@H]1O)P(=O)(O)O. The number of hydrogen-bond acceptors (Lipinski definition) is 9. The summed E-state index contributed by atoms with van der Waals surface area (Å²) >= 11 is 0. The number of rotatable bonds is 6. The highest BCUT2D eigenvalue weighted by Crippen LogP contribution is 2.43. The Labute approximate surface area is 157 Å². The van der Waals surface area contributed by atoms with Crippen molar-refractivity contribution >= 4 is 30.4 Å². The monoisotopic (exact) mass is 419 g/mol. The largest absolute Gasteiger partial charge is 0.387 e. The number of aromatic nitrogens is 4. The molecule has 0 amide bonds. The van der Waals surface area contributed by atoms with Gasteiger partial charge in [0.15, 0.2) is 29.6 Å². The molecule has 1 aliphatic heterocycles. The first-order valence-electron chi connectivity index (χ1n) is 8.12. The minimum Gasteiger partial charge on any atom is -0.387 e. The fourth-order valence-corrected chi connectivity index (χ4v) is 3.69. The van der Waals surface area contributed by atoms with Crippen molar-refractivity contribution < 1.29 is 38.1 Å². The van der Waals surface area contributed by atoms with Crippen molar-refractivity contribution in [2.24, 2.45) is 0 Å². The molecular formula is C14H19FN5O7P. The van der Waals surface area contributed by atoms with Crippen molar-refractivity contribution in [1.82, 2.24) is 19.5 Å². The summed E-state index contributed by atoms with van der Waals surface area (Å²) < 4.78 is 37.6. The number of ketones is 1. The summed E-state index contributed by atoms with van der Waals surface area (Å²) in [5, 5.41) is 10.1. The van der Waals surface area contributed by atoms with Crippen LogP contribution in [0.1, 0.15) is 19.0 Å². The fourth-order valence-electron chi connectivity index (χ4n) is 2.94. The molecule has 1 saturated heterocycles. The normalized spacial score (nSPS) is 26.6. The lowest BCUT2D eigenvalue weighted by Crippen LogP contribution is -2.34. The lowest BCUT2D eigenvalue weighted by molar-refractivity contribution is -0.128. The van der Waals surface area contributed by atoms with Crippen LogP contribution in [0.2, 0.25) is 0 Å². The molecule has 28 heavy (non-hydrogen) atoms. The molecule has 1 aliphatic rings. The predicted octanol–water partition coefficient (Wildman–Crippen LogP) is -0.577. The molecule has 14 heteroatoms. The number of ether oxygens (including phenoxy) is 2. The van der Waals surface area contributed by atoms with E-state index in [9.17, 15) is 18.9 Å². The fraction of sp³-hybridized carbons (Fsp3) is 0.571. The Morgan fingerprint density at radius 1 is 1.50 bits per heavy atom. The van der Waals surface area contributed by atoms with E-state index in [-0.39, 0.29) is 17.0 Å². The van der Waals surface area contributed by atoms with Crippen LogP contribution in [0, 0.1) is 6.92 Å². The van der Waals surface area contributed by atoms with E-state index in [1.165, 1.54) is 10.9 Å². The number of fused-ring (bicyclic) bond motifs is 1. The smallest absolute Gasteiger partial charge is 0.361 e. The number of nitrogens with two attached hydrogens (primary N) is 1. The second kappa shape index (κ2) is 7.43. The number of carbonyl (C=O) groups is 1. The van der Waals surface area contributed by atoms with Crippen molar-refractivity contribution in [1.29, 1.82) is 0 Å². The number of halogens is 1. The number of Topliss-reactive ketones (excluding diaryl/α,β-unsaturated/α-hetero) is 1. The quantitative estimate of drug-likeness (QED) is 0.440. The van der Waals surface area contributed by atoms with E-state index in [0.717, 1.165) is 6.92 Å². The van der Waals surface area contributed by atoms with Crippen LogP contribution >= 0.6 is 7.60 Å². The highest BCUT2D eigenvalue weighted by molar-refractivity contribution is 7.53. The molecule has 0 bridgehead atoms. The average molecular weight is 419 g/mol. The van der Waals surface area contributed by atoms with Crippen LogP contribution in [-0.4, -0.2) is 71.0 Å². The zero-order chi connectivity index (χ0) is 20.8. The van der Waals surface area contributed by atoms with Gasteiger partial charge in [0.05, 0.1) is 12.9 Å². The number of aliphatic hydroxyl groups excluding tert-OH is 1. The lowest BCUT2D eigenvalue weighted by Gasteiger charge is -2.20. The number of anilines is 1. The minimum atomic E-state index is -4.88. The molecule has 0 spiro atoms. The summed E-state index contributed by atoms with van der Waals surface area (Å²) in [6.07, 6.45) is -4.99. The van der Waals surface area contributed by atoms with Crippen LogP contribution in [0.4, 0.5) is 10.2 Å². The Bertz CT molecular complexity index is 950. The molecule has 5 N–H and O–H groups in total. The summed E-state index contributed by atoms with van der Waals surface area (Å²) in [6.45, 7) is 1.92. The van der Waals surface area contributed by atoms with Gasteiger partial charge in [-0.05, 0) is 13.8 Å². The van der Waals surface area contributed by atoms with Crippen molar-refractivity contribution in [3.63, 3.8) is 0 Å². The molecular weight excluding hydrogens is 400 g/mol. The summed E-state index contributed by atoms with van der Waals surface area (Å²) in [5.74, 6) is -2.50. The number of imidazole rings is 1. The van der Waals surface area contributed by atoms with Crippen LogP contribution in [0.5, 0.6) is 0 Å². The van der Waals surface area contributed by atoms with Gasteiger partial charge >= 0.3 is 7.60 Å². The predicted molar refractivity (Wildman–Crippen MR) is 91.8 cm³/mol. The summed E-state index contributed by atoms with van der Waals surface area (Å²) in [6, 6.07) is 0. The van der Waals surface area contributed by atoms with Gasteiger partial charge in [0.25, 0.3) is 0 Å². The van der Waals surface area contributed by atoms with Crippen LogP contribution < -0.4 is 5.73 Å². The highest BCUT2D eigenvalue weighted by atomic mass is 31.2. The molecule has 0 aliphatic carbocycles. The van der Waals surface area contributed by atoms with Gasteiger partial charge in [0.2, 0.25) is 5.85 Å². The van der Waals surface area contributed by atoms with E-state index in [1.54, 1.807) is 6.92 Å². The molecule has 154 valence electrons. The van der Waals surface area contributed by atoms with E-state index in [4.69, 9.17) is 25.0 Å². The minimum absolute atomic E-state index is 0.0982. The van der Waals surface area contributed by atoms with Gasteiger partial charge in [-0.1, -0.05) is 0 Å². The first-order valence-corrected chi connectivity index (χ1v) is 9.80. The number of hydrogen-bond donors (Lipinski definition) is 4. The molecule has 5 atom stereocenters. The van der Waals surface area contributed by atoms with E-state index >= 15 is 0 Å². The number of aliphatic hydroxyl groups is 1. The van der Waals surface area contributed by atoms with Crippen molar-refractivity contribution in [3.8, 4) is 0 Å². The van der Waals surface area contributed by atoms with Crippen LogP contribution in [0.3, 0.4) is 0 Å². The average Bonchev–Trinajstić information content (AvgIpc) is 3.09. The third kappa shape index (κ3) is 3.77. The maximum Gasteiger partial charge on any atom is 0.361 e. The topological polar surface area (TPSA) is 183 Å². The molecule has 0 radical (unpaired) electrons. The Morgan fingerprint density at radius 3 is 2.79 bits per heavy atom. The Morgan fingerprint density at radius 2 is 2.18 bits per heavy atom. The third-order valence-corrected chi connectivity index (χ3v) is 5.32. The maximum absolute atomic E-state index is 14.7. The van der Waals surface area contributed by atoms with Gasteiger partial charge in [-0.2, -0.15) is 0 Å². The highest BCUT2D eigenvalue weighted by Gasteiger charge is 2.47. The van der Waals surface area contributed by atoms with Crippen molar-refractivity contribution in [2.75, 3.05) is 12.3 Å². The van der Waals surface area contributed by atoms with E-state index < -0.39 is 50.4 Å². The number of alkyl halides is 1. The summed E-state index contributed by atoms with van der Waals surface area (Å²) in [7, 11) is -4.88. The Kier molecular flexibility index (Phi) is 5.49. The second-order valence-electron chi connectivity index (χ2n) is 6.37. The van der Waals surface area contributed by atoms with E-state index in [1.807, 2.05) is 0 Å². The maximum atomic E-state index is 14.7. The summed E-state index contributed by atoms with van der Waals surface area (Å²) in [4.78, 5) is 41.8. The van der Waals surface area contributed by atoms with Gasteiger partial charge in [0.1, 0.15) is 23.5 Å². The summed E-state index contributed by atoms with van der Waals surface area (Å²) in [5.41, 5.74) is 6.20. The number of nitrogen functional groups attached to an aromatic ring is 1. The Balaban J connectivity index is 1.81. The van der Waals surface area contributed by atoms with E-state index in [0.29, 0.717) is 5.82 Å². The third-order valence-electron chi connectivity index (χ3n) is 4.20. The first kappa shape index (κ1) is 20.7. The van der Waals surface area contributed by atoms with Crippen LogP contribution in [0.25, 0.3) is 11.2 Å². The molecule has 0 aromatic carbocycles. The standard InChI is InChI=1S/C14H19FN5O7P/c1-5(21)14(28(23,24)25)26-3-7-10(22)8(15)13(27-7)20-4-17-9-11(16)18-6(2)19-12(9)20/h4,7-8,10,13-14,22H,3H2,1-2H3,(H2,16,18,19)(H2,23,24,25)/t7-,8+,10-,13-,14+/m1/s1. The number of carbonyl (C=O) groups excluding carboxylic acids is 1. The molecule has 2 aromatic rings. The molecule has 3 rings (SSSR count). The van der Waals surface area contributed by atoms with Gasteiger partial charge in [-0.3, -0.25) is 13.9 Å². The first-order chi connectivity index (χ1) is 13.0. The second-order valence-corrected chi connectivity index (χ2v) is 8.01. The number of nitrogens with zero attached hydrogens (tertiary/aromatic N) is 4. The van der Waals surface area contributed by atoms with Gasteiger partial charge in [-0.25, -0.2) is 19.3 Å². The van der Waals surface area contributed by atoms with Crippen molar-refractivity contribution in [3.05, 3.63) is 12.2 Å². The number of aryl methyl sites for hydroxylation is 1. The van der Waals surface area contributed by atoms with Gasteiger partial charge in [-0.15, -0.1) is 0 Å². The Hall–Kier alpha value is -2.02. The molecule has 12 nitrogen and oxygen atoms in total. The molecule has 0 unspecified atom stereocenters. The lowest BCUT2D eigenvalue weighted by atomic mass is 10.1. The zero-order valence-electron chi connectivity index (χ0n) is 14.8. The van der Waals surface area contributed by atoms with Gasteiger partial charge in [0, 0.05) is 0 Å².